The zero-order chi connectivity index (χ0) is 17.3. The summed E-state index contributed by atoms with van der Waals surface area (Å²) >= 11 is 0. The van der Waals surface area contributed by atoms with Crippen LogP contribution in [0.5, 0.6) is 0 Å². The lowest BCUT2D eigenvalue weighted by atomic mass is 9.62. The second kappa shape index (κ2) is 6.21. The summed E-state index contributed by atoms with van der Waals surface area (Å²) in [5.74, 6) is -0.325. The molecule has 4 nitrogen and oxygen atoms in total. The lowest BCUT2D eigenvalue weighted by Gasteiger charge is -2.45. The second-order valence-electron chi connectivity index (χ2n) is 6.63. The van der Waals surface area contributed by atoms with Gasteiger partial charge in [0.15, 0.2) is 5.78 Å². The van der Waals surface area contributed by atoms with Gasteiger partial charge in [-0.1, -0.05) is 19.9 Å². The van der Waals surface area contributed by atoms with Crippen molar-refractivity contribution in [3.8, 4) is 0 Å². The van der Waals surface area contributed by atoms with Gasteiger partial charge in [0.1, 0.15) is 5.60 Å². The van der Waals surface area contributed by atoms with Gasteiger partial charge in [-0.05, 0) is 50.5 Å². The molecule has 122 valence electrons. The first-order chi connectivity index (χ1) is 9.98. The van der Waals surface area contributed by atoms with Gasteiger partial charge in [0.2, 0.25) is 0 Å². The summed E-state index contributed by atoms with van der Waals surface area (Å²) in [4.78, 5) is 23.6. The lowest BCUT2D eigenvalue weighted by molar-refractivity contribution is -0.136. The topological polar surface area (TPSA) is 63.6 Å². The fourth-order valence-electron chi connectivity index (χ4n) is 2.71. The molecule has 0 radical (unpaired) electrons. The smallest absolute Gasteiger partial charge is 0.333 e. The minimum atomic E-state index is -1.22. The van der Waals surface area contributed by atoms with E-state index in [1.807, 2.05) is 13.8 Å². The Labute approximate surface area is 132 Å². The van der Waals surface area contributed by atoms with Gasteiger partial charge >= 0.3 is 5.97 Å². The van der Waals surface area contributed by atoms with E-state index in [1.54, 1.807) is 39.8 Å². The molecule has 0 aliphatic heterocycles. The number of Topliss-reactive ketones (excluding diaryl/α,β-unsaturated/α-hetero) is 1. The molecule has 0 aromatic carbocycles. The van der Waals surface area contributed by atoms with E-state index >= 15 is 0 Å². The van der Waals surface area contributed by atoms with Crippen molar-refractivity contribution in [1.29, 1.82) is 0 Å². The van der Waals surface area contributed by atoms with Crippen LogP contribution in [0.3, 0.4) is 0 Å². The molecule has 0 unspecified atom stereocenters. The summed E-state index contributed by atoms with van der Waals surface area (Å²) < 4.78 is 4.70. The molecule has 0 saturated heterocycles. The Kier molecular flexibility index (Phi) is 5.18. The zero-order valence-corrected chi connectivity index (χ0v) is 14.5. The summed E-state index contributed by atoms with van der Waals surface area (Å²) in [7, 11) is 1.34. The van der Waals surface area contributed by atoms with Crippen LogP contribution in [0.15, 0.2) is 34.4 Å². The average molecular weight is 306 g/mol. The molecule has 0 bridgehead atoms. The van der Waals surface area contributed by atoms with Crippen molar-refractivity contribution >= 4 is 11.8 Å². The minimum Gasteiger partial charge on any atom is -0.466 e. The van der Waals surface area contributed by atoms with Crippen LogP contribution in [0.4, 0.5) is 0 Å². The van der Waals surface area contributed by atoms with Gasteiger partial charge in [0, 0.05) is 17.4 Å². The molecule has 0 fully saturated rings. The maximum absolute atomic E-state index is 12.0. The number of allylic oxidation sites excluding steroid dienone is 3. The Balaban J connectivity index is 3.32. The van der Waals surface area contributed by atoms with Crippen LogP contribution in [0.2, 0.25) is 0 Å². The predicted molar refractivity (Wildman–Crippen MR) is 86.3 cm³/mol. The van der Waals surface area contributed by atoms with Gasteiger partial charge in [-0.2, -0.15) is 0 Å². The first-order valence-electron chi connectivity index (χ1n) is 7.36. The third kappa shape index (κ3) is 3.07. The van der Waals surface area contributed by atoms with Gasteiger partial charge in [-0.25, -0.2) is 4.79 Å². The van der Waals surface area contributed by atoms with E-state index in [0.29, 0.717) is 16.7 Å². The van der Waals surface area contributed by atoms with E-state index < -0.39 is 17.0 Å². The SMILES string of the molecule is COC(=O)/C(C)=C(C)/C=C/[C@@]1(O)C(C)=C(C)C(=O)CC1(C)C. The van der Waals surface area contributed by atoms with Crippen molar-refractivity contribution in [3.63, 3.8) is 0 Å². The monoisotopic (exact) mass is 306 g/mol. The van der Waals surface area contributed by atoms with Crippen LogP contribution in [0.25, 0.3) is 0 Å². The predicted octanol–water partition coefficient (Wildman–Crippen LogP) is 3.12. The third-order valence-electron chi connectivity index (χ3n) is 4.84. The second-order valence-corrected chi connectivity index (χ2v) is 6.63. The average Bonchev–Trinajstić information content (AvgIpc) is 2.46. The van der Waals surface area contributed by atoms with E-state index in [0.717, 1.165) is 5.57 Å². The summed E-state index contributed by atoms with van der Waals surface area (Å²) in [6.07, 6.45) is 3.69. The molecule has 0 amide bonds. The molecule has 22 heavy (non-hydrogen) atoms. The highest BCUT2D eigenvalue weighted by molar-refractivity contribution is 5.97. The molecule has 1 N–H and O–H groups in total. The maximum Gasteiger partial charge on any atom is 0.333 e. The zero-order valence-electron chi connectivity index (χ0n) is 14.5. The van der Waals surface area contributed by atoms with Crippen LogP contribution >= 0.6 is 0 Å². The molecular weight excluding hydrogens is 280 g/mol. The number of aliphatic hydroxyl groups is 1. The molecular formula is C18H26O4. The fraction of sp³-hybridized carbons (Fsp3) is 0.556. The number of methoxy groups -OCH3 is 1. The molecule has 1 rings (SSSR count). The van der Waals surface area contributed by atoms with Gasteiger partial charge in [-0.15, -0.1) is 0 Å². The Morgan fingerprint density at radius 2 is 1.82 bits per heavy atom. The molecule has 0 spiro atoms. The highest BCUT2D eigenvalue weighted by atomic mass is 16.5. The normalized spacial score (nSPS) is 26.3. The van der Waals surface area contributed by atoms with Crippen LogP contribution in [0.1, 0.15) is 48.0 Å². The van der Waals surface area contributed by atoms with Gasteiger partial charge in [0.05, 0.1) is 7.11 Å². The molecule has 0 saturated carbocycles. The first kappa shape index (κ1) is 18.4. The largest absolute Gasteiger partial charge is 0.466 e. The van der Waals surface area contributed by atoms with Crippen molar-refractivity contribution in [3.05, 3.63) is 34.4 Å². The van der Waals surface area contributed by atoms with E-state index in [4.69, 9.17) is 4.74 Å². The van der Waals surface area contributed by atoms with Gasteiger partial charge in [-0.3, -0.25) is 4.79 Å². The summed E-state index contributed by atoms with van der Waals surface area (Å²) in [5, 5.41) is 11.1. The highest BCUT2D eigenvalue weighted by Gasteiger charge is 2.48. The number of rotatable bonds is 3. The van der Waals surface area contributed by atoms with Gasteiger partial charge < -0.3 is 9.84 Å². The van der Waals surface area contributed by atoms with E-state index in [9.17, 15) is 14.7 Å². The van der Waals surface area contributed by atoms with E-state index in [1.165, 1.54) is 7.11 Å². The number of carbonyl (C=O) groups is 2. The van der Waals surface area contributed by atoms with Crippen LogP contribution in [-0.2, 0) is 14.3 Å². The molecule has 0 aromatic heterocycles. The molecule has 0 heterocycles. The summed E-state index contributed by atoms with van der Waals surface area (Å²) in [6.45, 7) is 10.7. The van der Waals surface area contributed by atoms with E-state index in [-0.39, 0.29) is 12.2 Å². The minimum absolute atomic E-state index is 0.0681. The van der Waals surface area contributed by atoms with Crippen LogP contribution in [-0.4, -0.2) is 29.6 Å². The molecule has 1 aliphatic carbocycles. The number of hydrogen-bond donors (Lipinski definition) is 1. The van der Waals surface area contributed by atoms with Crippen molar-refractivity contribution in [2.45, 2.75) is 53.6 Å². The van der Waals surface area contributed by atoms with E-state index in [2.05, 4.69) is 0 Å². The standard InChI is InChI=1S/C18H26O4/c1-11(12(2)16(20)22-7)8-9-18(21)14(4)13(3)15(19)10-17(18,5)6/h8-9,21H,10H2,1-7H3/b9-8+,12-11+/t18-/m1/s1. The van der Waals surface area contributed by atoms with Crippen LogP contribution in [0, 0.1) is 5.41 Å². The van der Waals surface area contributed by atoms with Crippen molar-refractivity contribution in [2.75, 3.05) is 7.11 Å². The Morgan fingerprint density at radius 1 is 1.27 bits per heavy atom. The van der Waals surface area contributed by atoms with Crippen molar-refractivity contribution in [1.82, 2.24) is 0 Å². The molecule has 1 aliphatic rings. The quantitative estimate of drug-likeness (QED) is 0.494. The Bertz CT molecular complexity index is 590. The number of carbonyl (C=O) groups excluding carboxylic acids is 2. The Morgan fingerprint density at radius 3 is 2.32 bits per heavy atom. The van der Waals surface area contributed by atoms with Crippen molar-refractivity contribution in [2.24, 2.45) is 5.41 Å². The molecule has 4 heteroatoms. The third-order valence-corrected chi connectivity index (χ3v) is 4.84. The van der Waals surface area contributed by atoms with Crippen LogP contribution < -0.4 is 0 Å². The molecule has 1 atom stereocenters. The summed E-state index contributed by atoms with van der Waals surface area (Å²) in [5.41, 5.74) is 0.655. The van der Waals surface area contributed by atoms with Crippen molar-refractivity contribution < 1.29 is 19.4 Å². The number of esters is 1. The fourth-order valence-corrected chi connectivity index (χ4v) is 2.71. The number of ketones is 1. The Hall–Kier alpha value is -1.68. The first-order valence-corrected chi connectivity index (χ1v) is 7.36. The lowest BCUT2D eigenvalue weighted by Crippen LogP contribution is -2.49. The summed E-state index contributed by atoms with van der Waals surface area (Å²) in [6, 6.07) is 0. The highest BCUT2D eigenvalue weighted by Crippen LogP contribution is 2.46. The van der Waals surface area contributed by atoms with Gasteiger partial charge in [0.25, 0.3) is 0 Å². The molecule has 0 aromatic rings. The number of ether oxygens (including phenoxy) is 1. The maximum atomic E-state index is 12.0. The number of hydrogen-bond acceptors (Lipinski definition) is 4.